The van der Waals surface area contributed by atoms with Gasteiger partial charge in [0.15, 0.2) is 0 Å². The highest BCUT2D eigenvalue weighted by atomic mass is 16.6. The van der Waals surface area contributed by atoms with Crippen molar-refractivity contribution < 1.29 is 19.8 Å². The molecule has 5 heteroatoms. The molecule has 21 heavy (non-hydrogen) atoms. The van der Waals surface area contributed by atoms with Crippen molar-refractivity contribution in [3.63, 3.8) is 0 Å². The summed E-state index contributed by atoms with van der Waals surface area (Å²) in [6.07, 6.45) is 15.7. The Morgan fingerprint density at radius 1 is 0.762 bits per heavy atom. The van der Waals surface area contributed by atoms with E-state index in [1.54, 1.807) is 0 Å². The summed E-state index contributed by atoms with van der Waals surface area (Å²) in [6.45, 7) is 2.25. The standard InChI is InChI=1S/C16H35BO4/c1-2-3-4-5-6-7-8-9-10-11-12-13-14-16(18)15-21-17(19)20/h16,18-20H,2-15H2,1H3. The number of aliphatic hydroxyl groups excluding tert-OH is 1. The third-order valence-corrected chi connectivity index (χ3v) is 3.83. The van der Waals surface area contributed by atoms with Crippen LogP contribution in [0, 0.1) is 0 Å². The third kappa shape index (κ3) is 17.9. The molecule has 0 aliphatic rings. The molecule has 0 aromatic rings. The van der Waals surface area contributed by atoms with Crippen LogP contribution in [0.4, 0.5) is 0 Å². The largest absolute Gasteiger partial charge is 0.633 e. The summed E-state index contributed by atoms with van der Waals surface area (Å²) in [4.78, 5) is 0. The zero-order chi connectivity index (χ0) is 15.8. The Balaban J connectivity index is 3.08. The highest BCUT2D eigenvalue weighted by molar-refractivity contribution is 6.32. The van der Waals surface area contributed by atoms with E-state index < -0.39 is 13.4 Å². The van der Waals surface area contributed by atoms with Gasteiger partial charge >= 0.3 is 7.32 Å². The fourth-order valence-electron chi connectivity index (χ4n) is 2.50. The fourth-order valence-corrected chi connectivity index (χ4v) is 2.50. The molecule has 0 bridgehead atoms. The molecule has 0 aromatic carbocycles. The maximum atomic E-state index is 9.51. The second kappa shape index (κ2) is 16.3. The number of unbranched alkanes of at least 4 members (excludes halogenated alkanes) is 11. The van der Waals surface area contributed by atoms with Crippen molar-refractivity contribution >= 4 is 7.32 Å². The van der Waals surface area contributed by atoms with Crippen LogP contribution in [0.1, 0.15) is 90.4 Å². The Morgan fingerprint density at radius 3 is 1.62 bits per heavy atom. The molecule has 0 saturated carbocycles. The average molecular weight is 302 g/mol. The van der Waals surface area contributed by atoms with Crippen LogP contribution in [-0.2, 0) is 4.65 Å². The molecule has 0 amide bonds. The molecular formula is C16H35BO4. The molecule has 1 atom stereocenters. The van der Waals surface area contributed by atoms with Crippen LogP contribution in [0.3, 0.4) is 0 Å². The summed E-state index contributed by atoms with van der Waals surface area (Å²) in [7, 11) is -1.78. The lowest BCUT2D eigenvalue weighted by molar-refractivity contribution is 0.0695. The van der Waals surface area contributed by atoms with Gasteiger partial charge in [-0.25, -0.2) is 0 Å². The van der Waals surface area contributed by atoms with Crippen LogP contribution in [0.2, 0.25) is 0 Å². The van der Waals surface area contributed by atoms with Gasteiger partial charge < -0.3 is 19.8 Å². The number of aliphatic hydroxyl groups is 1. The van der Waals surface area contributed by atoms with Gasteiger partial charge in [0.25, 0.3) is 0 Å². The van der Waals surface area contributed by atoms with Crippen molar-refractivity contribution in [1.29, 1.82) is 0 Å². The molecule has 0 rings (SSSR count). The quantitative estimate of drug-likeness (QED) is 0.302. The molecule has 4 nitrogen and oxygen atoms in total. The highest BCUT2D eigenvalue weighted by Gasteiger charge is 2.11. The van der Waals surface area contributed by atoms with Gasteiger partial charge in [0.1, 0.15) is 0 Å². The van der Waals surface area contributed by atoms with Crippen molar-refractivity contribution in [2.75, 3.05) is 6.61 Å². The van der Waals surface area contributed by atoms with Gasteiger partial charge in [-0.1, -0.05) is 84.0 Å². The van der Waals surface area contributed by atoms with Crippen molar-refractivity contribution in [3.8, 4) is 0 Å². The van der Waals surface area contributed by atoms with Gasteiger partial charge in [0, 0.05) is 0 Å². The second-order valence-corrected chi connectivity index (χ2v) is 5.99. The molecule has 0 aliphatic carbocycles. The molecule has 0 radical (unpaired) electrons. The average Bonchev–Trinajstić information content (AvgIpc) is 2.46. The monoisotopic (exact) mass is 302 g/mol. The van der Waals surface area contributed by atoms with Crippen molar-refractivity contribution in [2.45, 2.75) is 96.5 Å². The summed E-state index contributed by atoms with van der Waals surface area (Å²) in [6, 6.07) is 0. The van der Waals surface area contributed by atoms with E-state index in [4.69, 9.17) is 10.0 Å². The highest BCUT2D eigenvalue weighted by Crippen LogP contribution is 2.13. The minimum Gasteiger partial charge on any atom is -0.402 e. The van der Waals surface area contributed by atoms with Crippen LogP contribution in [0.5, 0.6) is 0 Å². The van der Waals surface area contributed by atoms with E-state index >= 15 is 0 Å². The first-order chi connectivity index (χ1) is 10.2. The Hall–Kier alpha value is -0.0951. The zero-order valence-corrected chi connectivity index (χ0v) is 13.8. The van der Waals surface area contributed by atoms with E-state index in [2.05, 4.69) is 11.6 Å². The van der Waals surface area contributed by atoms with Crippen LogP contribution < -0.4 is 0 Å². The zero-order valence-electron chi connectivity index (χ0n) is 13.8. The van der Waals surface area contributed by atoms with E-state index in [9.17, 15) is 5.11 Å². The Labute approximate surface area is 131 Å². The minimum absolute atomic E-state index is 0.00427. The summed E-state index contributed by atoms with van der Waals surface area (Å²) < 4.78 is 4.52. The lowest BCUT2D eigenvalue weighted by Crippen LogP contribution is -2.24. The number of rotatable bonds is 16. The van der Waals surface area contributed by atoms with Crippen molar-refractivity contribution in [1.82, 2.24) is 0 Å². The summed E-state index contributed by atoms with van der Waals surface area (Å²) >= 11 is 0. The van der Waals surface area contributed by atoms with E-state index in [0.717, 1.165) is 12.8 Å². The van der Waals surface area contributed by atoms with Gasteiger partial charge in [-0.2, -0.15) is 0 Å². The SMILES string of the molecule is CCCCCCCCCCCCCCC(O)COB(O)O. The number of hydrogen-bond acceptors (Lipinski definition) is 4. The normalized spacial score (nSPS) is 12.6. The lowest BCUT2D eigenvalue weighted by Gasteiger charge is -2.10. The minimum atomic E-state index is -1.78. The van der Waals surface area contributed by atoms with Crippen LogP contribution in [-0.4, -0.2) is 35.2 Å². The van der Waals surface area contributed by atoms with E-state index in [-0.39, 0.29) is 6.61 Å². The first-order valence-corrected chi connectivity index (χ1v) is 8.82. The maximum Gasteiger partial charge on any atom is 0.633 e. The molecule has 1 unspecified atom stereocenters. The predicted octanol–water partition coefficient (Wildman–Crippen LogP) is 3.42. The topological polar surface area (TPSA) is 69.9 Å². The van der Waals surface area contributed by atoms with E-state index in [1.807, 2.05) is 0 Å². The first-order valence-electron chi connectivity index (χ1n) is 8.82. The molecular weight excluding hydrogens is 267 g/mol. The van der Waals surface area contributed by atoms with Gasteiger partial charge in [0.05, 0.1) is 12.7 Å². The Bertz CT molecular complexity index is 203. The van der Waals surface area contributed by atoms with Crippen molar-refractivity contribution in [2.24, 2.45) is 0 Å². The first kappa shape index (κ1) is 20.9. The fraction of sp³-hybridized carbons (Fsp3) is 1.00. The Kier molecular flexibility index (Phi) is 16.2. The van der Waals surface area contributed by atoms with Crippen LogP contribution in [0.15, 0.2) is 0 Å². The van der Waals surface area contributed by atoms with Gasteiger partial charge in [-0.15, -0.1) is 0 Å². The molecule has 0 aromatic heterocycles. The molecule has 0 heterocycles. The smallest absolute Gasteiger partial charge is 0.402 e. The third-order valence-electron chi connectivity index (χ3n) is 3.83. The van der Waals surface area contributed by atoms with E-state index in [0.29, 0.717) is 6.42 Å². The molecule has 0 spiro atoms. The second-order valence-electron chi connectivity index (χ2n) is 5.99. The van der Waals surface area contributed by atoms with Gasteiger partial charge in [-0.05, 0) is 6.42 Å². The molecule has 0 fully saturated rings. The summed E-state index contributed by atoms with van der Waals surface area (Å²) in [5, 5.41) is 26.5. The van der Waals surface area contributed by atoms with Crippen LogP contribution in [0.25, 0.3) is 0 Å². The Morgan fingerprint density at radius 2 is 1.19 bits per heavy atom. The van der Waals surface area contributed by atoms with E-state index in [1.165, 1.54) is 64.2 Å². The lowest BCUT2D eigenvalue weighted by atomic mass is 10.0. The predicted molar refractivity (Wildman–Crippen MR) is 87.8 cm³/mol. The summed E-state index contributed by atoms with van der Waals surface area (Å²) in [5.74, 6) is 0. The van der Waals surface area contributed by atoms with Gasteiger partial charge in [-0.3, -0.25) is 0 Å². The molecule has 3 N–H and O–H groups in total. The van der Waals surface area contributed by atoms with Gasteiger partial charge in [0.2, 0.25) is 0 Å². The summed E-state index contributed by atoms with van der Waals surface area (Å²) in [5.41, 5.74) is 0. The number of hydrogen-bond donors (Lipinski definition) is 3. The molecule has 0 aliphatic heterocycles. The van der Waals surface area contributed by atoms with Crippen molar-refractivity contribution in [3.05, 3.63) is 0 Å². The maximum absolute atomic E-state index is 9.51. The molecule has 126 valence electrons. The molecule has 0 saturated heterocycles. The van der Waals surface area contributed by atoms with Crippen LogP contribution >= 0.6 is 0 Å².